The van der Waals surface area contributed by atoms with Gasteiger partial charge in [0.2, 0.25) is 0 Å². The summed E-state index contributed by atoms with van der Waals surface area (Å²) in [4.78, 5) is 17.6. The molecule has 42 heavy (non-hydrogen) atoms. The minimum Gasteiger partial charge on any atom is -0.497 e. The van der Waals surface area contributed by atoms with Gasteiger partial charge in [-0.15, -0.1) is 0 Å². The molecule has 0 radical (unpaired) electrons. The molecule has 0 saturated heterocycles. The number of hydrogen-bond donors (Lipinski definition) is 0. The molecule has 1 aromatic heterocycles. The molecular formula is C32H38N2O5S3. The quantitative estimate of drug-likeness (QED) is 0.125. The molecule has 3 unspecified atom stereocenters. The highest BCUT2D eigenvalue weighted by Crippen LogP contribution is 2.34. The summed E-state index contributed by atoms with van der Waals surface area (Å²) < 4.78 is 36.3. The number of thioether (sulfide) groups is 1. The average molecular weight is 627 g/mol. The maximum absolute atomic E-state index is 12.9. The van der Waals surface area contributed by atoms with E-state index in [0.29, 0.717) is 27.8 Å². The van der Waals surface area contributed by atoms with Crippen LogP contribution < -0.4 is 4.74 Å². The van der Waals surface area contributed by atoms with E-state index in [1.54, 1.807) is 7.11 Å². The van der Waals surface area contributed by atoms with E-state index in [1.807, 2.05) is 74.5 Å². The lowest BCUT2D eigenvalue weighted by Crippen LogP contribution is -2.31. The lowest BCUT2D eigenvalue weighted by Gasteiger charge is -2.17. The third kappa shape index (κ3) is 10.1. The number of ether oxygens (including phenoxy) is 2. The van der Waals surface area contributed by atoms with Crippen LogP contribution in [0, 0.1) is 11.3 Å². The number of carbonyl (C=O) groups excluding carboxylic acids is 1. The van der Waals surface area contributed by atoms with E-state index in [0.717, 1.165) is 59.9 Å². The van der Waals surface area contributed by atoms with E-state index < -0.39 is 32.8 Å². The monoisotopic (exact) mass is 626 g/mol. The van der Waals surface area contributed by atoms with Gasteiger partial charge in [-0.25, -0.2) is 4.98 Å². The van der Waals surface area contributed by atoms with Crippen LogP contribution in [-0.4, -0.2) is 61.3 Å². The second-order valence-electron chi connectivity index (χ2n) is 9.64. The second kappa shape index (κ2) is 17.8. The van der Waals surface area contributed by atoms with Crippen molar-refractivity contribution < 1.29 is 22.7 Å². The van der Waals surface area contributed by atoms with Crippen LogP contribution in [0.25, 0.3) is 22.4 Å². The molecule has 0 saturated carbocycles. The van der Waals surface area contributed by atoms with Gasteiger partial charge in [-0.1, -0.05) is 68.8 Å². The Labute approximate surface area is 258 Å². The fourth-order valence-electron chi connectivity index (χ4n) is 4.09. The van der Waals surface area contributed by atoms with Gasteiger partial charge in [0.15, 0.2) is 0 Å². The summed E-state index contributed by atoms with van der Waals surface area (Å²) in [5.41, 5.74) is 3.46. The van der Waals surface area contributed by atoms with Crippen molar-refractivity contribution in [1.82, 2.24) is 4.98 Å². The number of hydrogen-bond acceptors (Lipinski definition) is 8. The number of rotatable bonds is 17. The zero-order valence-electron chi connectivity index (χ0n) is 24.4. The normalized spacial score (nSPS) is 13.1. The topological polar surface area (TPSA) is 106 Å². The molecule has 224 valence electrons. The standard InChI is InChI=1S/C32H38N2O5S3/c1-4-6-17-41(36)23-27(42(37)18-7-5-2)21-39-31(35)22-40-32-29(20-33)28(24-11-9-8-10-12-24)19-30(34-32)25-13-15-26(38-3)16-14-25/h8-16,19,27H,4-7,17-18,21-23H2,1-3H3. The Balaban J connectivity index is 1.80. The largest absolute Gasteiger partial charge is 0.497 e. The number of nitrogens with zero attached hydrogens (tertiary/aromatic N) is 2. The van der Waals surface area contributed by atoms with Crippen LogP contribution in [0.15, 0.2) is 65.7 Å². The second-order valence-corrected chi connectivity index (χ2v) is 14.1. The molecule has 0 aliphatic rings. The summed E-state index contributed by atoms with van der Waals surface area (Å²) in [5.74, 6) is 1.44. The van der Waals surface area contributed by atoms with Gasteiger partial charge in [-0.2, -0.15) is 5.26 Å². The van der Waals surface area contributed by atoms with Gasteiger partial charge in [-0.3, -0.25) is 13.2 Å². The molecule has 3 rings (SSSR count). The SMILES string of the molecule is CCCCS(=O)CC(COC(=O)CSc1nc(-c2ccc(OC)cc2)cc(-c2ccccc2)c1C#N)S(=O)CCCC. The Morgan fingerprint density at radius 3 is 2.33 bits per heavy atom. The summed E-state index contributed by atoms with van der Waals surface area (Å²) in [5, 5.41) is 10.1. The average Bonchev–Trinajstić information content (AvgIpc) is 3.03. The Kier molecular flexibility index (Phi) is 14.2. The molecule has 0 aliphatic heterocycles. The number of carbonyl (C=O) groups is 1. The van der Waals surface area contributed by atoms with Crippen LogP contribution in [0.2, 0.25) is 0 Å². The van der Waals surface area contributed by atoms with Crippen molar-refractivity contribution in [1.29, 1.82) is 5.26 Å². The first kappa shape index (κ1) is 33.5. The van der Waals surface area contributed by atoms with Crippen LogP contribution in [-0.2, 0) is 31.1 Å². The highest BCUT2D eigenvalue weighted by molar-refractivity contribution is 8.00. The molecule has 3 atom stereocenters. The number of aromatic nitrogens is 1. The molecule has 0 spiro atoms. The fourth-order valence-corrected chi connectivity index (χ4v) is 8.37. The predicted octanol–water partition coefficient (Wildman–Crippen LogP) is 6.40. The molecule has 2 aromatic carbocycles. The molecule has 0 amide bonds. The highest BCUT2D eigenvalue weighted by Gasteiger charge is 2.23. The lowest BCUT2D eigenvalue weighted by molar-refractivity contribution is -0.140. The van der Waals surface area contributed by atoms with Crippen LogP contribution in [0.1, 0.15) is 45.1 Å². The number of benzene rings is 2. The minimum atomic E-state index is -1.24. The molecular weight excluding hydrogens is 589 g/mol. The van der Waals surface area contributed by atoms with E-state index in [2.05, 4.69) is 6.07 Å². The van der Waals surface area contributed by atoms with Crippen molar-refractivity contribution in [3.8, 4) is 34.2 Å². The fraction of sp³-hybridized carbons (Fsp3) is 0.406. The third-order valence-electron chi connectivity index (χ3n) is 6.49. The zero-order chi connectivity index (χ0) is 30.3. The molecule has 0 aliphatic carbocycles. The number of unbranched alkanes of at least 4 members (excludes halogenated alkanes) is 2. The highest BCUT2D eigenvalue weighted by atomic mass is 32.2. The van der Waals surface area contributed by atoms with Crippen LogP contribution >= 0.6 is 11.8 Å². The molecule has 3 aromatic rings. The maximum Gasteiger partial charge on any atom is 0.316 e. The van der Waals surface area contributed by atoms with Crippen LogP contribution in [0.4, 0.5) is 0 Å². The van der Waals surface area contributed by atoms with Crippen molar-refractivity contribution in [2.75, 3.05) is 36.7 Å². The minimum absolute atomic E-state index is 0.0483. The Bertz CT molecular complexity index is 1390. The summed E-state index contributed by atoms with van der Waals surface area (Å²) in [6, 6.07) is 21.2. The van der Waals surface area contributed by atoms with Gasteiger partial charge in [0.05, 0.1) is 29.4 Å². The Morgan fingerprint density at radius 1 is 1.00 bits per heavy atom. The first-order valence-corrected chi connectivity index (χ1v) is 17.9. The molecule has 0 bridgehead atoms. The molecule has 10 heteroatoms. The molecule has 0 fully saturated rings. The van der Waals surface area contributed by atoms with Crippen LogP contribution in [0.5, 0.6) is 5.75 Å². The van der Waals surface area contributed by atoms with Gasteiger partial charge in [0.25, 0.3) is 0 Å². The first-order chi connectivity index (χ1) is 20.4. The summed E-state index contributed by atoms with van der Waals surface area (Å²) in [6.45, 7) is 4.02. The summed E-state index contributed by atoms with van der Waals surface area (Å²) in [6.07, 6.45) is 3.48. The predicted molar refractivity (Wildman–Crippen MR) is 173 cm³/mol. The van der Waals surface area contributed by atoms with E-state index in [9.17, 15) is 18.5 Å². The van der Waals surface area contributed by atoms with E-state index in [-0.39, 0.29) is 18.1 Å². The van der Waals surface area contributed by atoms with Gasteiger partial charge in [0, 0.05) is 50.0 Å². The van der Waals surface area contributed by atoms with Crippen molar-refractivity contribution in [3.05, 3.63) is 66.2 Å². The Hall–Kier alpha value is -3.00. The van der Waals surface area contributed by atoms with Crippen molar-refractivity contribution in [2.24, 2.45) is 0 Å². The van der Waals surface area contributed by atoms with E-state index in [4.69, 9.17) is 14.5 Å². The summed E-state index contributed by atoms with van der Waals surface area (Å²) in [7, 11) is -0.750. The molecule has 0 N–H and O–H groups in total. The summed E-state index contributed by atoms with van der Waals surface area (Å²) >= 11 is 1.14. The number of nitriles is 1. The first-order valence-electron chi connectivity index (χ1n) is 14.1. The molecule has 1 heterocycles. The van der Waals surface area contributed by atoms with Gasteiger partial charge in [-0.05, 0) is 48.7 Å². The van der Waals surface area contributed by atoms with Crippen molar-refractivity contribution in [3.63, 3.8) is 0 Å². The maximum atomic E-state index is 12.9. The van der Waals surface area contributed by atoms with Crippen LogP contribution in [0.3, 0.4) is 0 Å². The number of pyridine rings is 1. The smallest absolute Gasteiger partial charge is 0.316 e. The van der Waals surface area contributed by atoms with Gasteiger partial charge < -0.3 is 9.47 Å². The molecule has 7 nitrogen and oxygen atoms in total. The zero-order valence-corrected chi connectivity index (χ0v) is 26.8. The van der Waals surface area contributed by atoms with Crippen molar-refractivity contribution in [2.45, 2.75) is 49.8 Å². The number of methoxy groups -OCH3 is 1. The van der Waals surface area contributed by atoms with E-state index >= 15 is 0 Å². The van der Waals surface area contributed by atoms with E-state index in [1.165, 1.54) is 0 Å². The lowest BCUT2D eigenvalue weighted by atomic mass is 9.99. The van der Waals surface area contributed by atoms with Gasteiger partial charge >= 0.3 is 5.97 Å². The van der Waals surface area contributed by atoms with Gasteiger partial charge in [0.1, 0.15) is 23.5 Å². The third-order valence-corrected chi connectivity index (χ3v) is 10.9. The Morgan fingerprint density at radius 2 is 1.69 bits per heavy atom. The van der Waals surface area contributed by atoms with Crippen molar-refractivity contribution >= 4 is 39.3 Å². The number of esters is 1.